The van der Waals surface area contributed by atoms with Gasteiger partial charge in [-0.1, -0.05) is 35.6 Å². The number of hydrogen-bond acceptors (Lipinski definition) is 1. The Labute approximate surface area is 81.7 Å². The lowest BCUT2D eigenvalue weighted by molar-refractivity contribution is -0.117. The van der Waals surface area contributed by atoms with Crippen molar-refractivity contribution in [1.82, 2.24) is 0 Å². The lowest BCUT2D eigenvalue weighted by Crippen LogP contribution is -2.08. The first-order valence-corrected chi connectivity index (χ1v) is 4.09. The third-order valence-corrected chi connectivity index (χ3v) is 1.69. The van der Waals surface area contributed by atoms with Gasteiger partial charge in [-0.3, -0.25) is 4.79 Å². The van der Waals surface area contributed by atoms with Crippen LogP contribution in [0.5, 0.6) is 0 Å². The highest BCUT2D eigenvalue weighted by Crippen LogP contribution is 2.12. The Morgan fingerprint density at radius 1 is 1.46 bits per heavy atom. The van der Waals surface area contributed by atoms with Crippen molar-refractivity contribution in [2.75, 3.05) is 0 Å². The third kappa shape index (κ3) is 3.18. The summed E-state index contributed by atoms with van der Waals surface area (Å²) in [5.74, 6) is 4.96. The van der Waals surface area contributed by atoms with Gasteiger partial charge in [0, 0.05) is 5.56 Å². The van der Waals surface area contributed by atoms with Crippen molar-refractivity contribution in [2.45, 2.75) is 6.42 Å². The maximum absolute atomic E-state index is 10.4. The van der Waals surface area contributed by atoms with E-state index in [0.717, 1.165) is 0 Å². The zero-order valence-corrected chi connectivity index (χ0v) is 7.64. The molecule has 2 nitrogen and oxygen atoms in total. The summed E-state index contributed by atoms with van der Waals surface area (Å²) in [6.45, 7) is 0. The van der Waals surface area contributed by atoms with Crippen molar-refractivity contribution < 1.29 is 4.79 Å². The van der Waals surface area contributed by atoms with Gasteiger partial charge < -0.3 is 5.73 Å². The molecule has 0 aliphatic rings. The Morgan fingerprint density at radius 3 is 2.77 bits per heavy atom. The Balaban J connectivity index is 2.77. The van der Waals surface area contributed by atoms with E-state index in [1.54, 1.807) is 12.1 Å². The van der Waals surface area contributed by atoms with Gasteiger partial charge in [-0.2, -0.15) is 0 Å². The molecule has 0 bridgehead atoms. The van der Waals surface area contributed by atoms with Crippen LogP contribution in [-0.4, -0.2) is 5.91 Å². The number of hydrogen-bond donors (Lipinski definition) is 1. The molecule has 0 unspecified atom stereocenters. The van der Waals surface area contributed by atoms with Crippen LogP contribution in [0, 0.1) is 11.8 Å². The topological polar surface area (TPSA) is 43.1 Å². The van der Waals surface area contributed by atoms with E-state index < -0.39 is 5.91 Å². The molecule has 0 aliphatic carbocycles. The molecular weight excluding hydrogens is 186 g/mol. The fourth-order valence-electron chi connectivity index (χ4n) is 0.789. The average Bonchev–Trinajstić information content (AvgIpc) is 2.08. The first-order valence-electron chi connectivity index (χ1n) is 3.72. The summed E-state index contributed by atoms with van der Waals surface area (Å²) in [5.41, 5.74) is 5.63. The van der Waals surface area contributed by atoms with Gasteiger partial charge in [-0.05, 0) is 12.1 Å². The van der Waals surface area contributed by atoms with Gasteiger partial charge in [-0.25, -0.2) is 0 Å². The van der Waals surface area contributed by atoms with Crippen LogP contribution < -0.4 is 5.73 Å². The molecule has 1 aromatic rings. The molecule has 0 atom stereocenters. The Morgan fingerprint density at radius 2 is 2.15 bits per heavy atom. The summed E-state index contributed by atoms with van der Waals surface area (Å²) in [5, 5.41) is 0.583. The van der Waals surface area contributed by atoms with E-state index in [1.807, 2.05) is 12.1 Å². The summed E-state index contributed by atoms with van der Waals surface area (Å²) >= 11 is 5.82. The molecule has 0 saturated carbocycles. The lowest BCUT2D eigenvalue weighted by atomic mass is 10.2. The predicted octanol–water partition coefficient (Wildman–Crippen LogP) is 1.57. The average molecular weight is 194 g/mol. The normalized spacial score (nSPS) is 8.69. The van der Waals surface area contributed by atoms with Crippen molar-refractivity contribution in [2.24, 2.45) is 5.73 Å². The van der Waals surface area contributed by atoms with E-state index in [2.05, 4.69) is 11.8 Å². The maximum Gasteiger partial charge on any atom is 0.229 e. The van der Waals surface area contributed by atoms with Gasteiger partial charge in [0.1, 0.15) is 0 Å². The second-order valence-electron chi connectivity index (χ2n) is 2.42. The van der Waals surface area contributed by atoms with Gasteiger partial charge in [0.15, 0.2) is 0 Å². The first kappa shape index (κ1) is 9.63. The van der Waals surface area contributed by atoms with Crippen molar-refractivity contribution in [3.8, 4) is 11.8 Å². The fourth-order valence-corrected chi connectivity index (χ4v) is 0.972. The van der Waals surface area contributed by atoms with Crippen molar-refractivity contribution >= 4 is 17.5 Å². The van der Waals surface area contributed by atoms with Crippen LogP contribution in [0.2, 0.25) is 5.02 Å². The molecule has 0 saturated heterocycles. The van der Waals surface area contributed by atoms with Crippen LogP contribution in [0.15, 0.2) is 24.3 Å². The molecule has 0 aliphatic heterocycles. The van der Waals surface area contributed by atoms with Gasteiger partial charge >= 0.3 is 0 Å². The highest BCUT2D eigenvalue weighted by Gasteiger charge is 1.92. The molecule has 1 rings (SSSR count). The fraction of sp³-hybridized carbons (Fsp3) is 0.100. The van der Waals surface area contributed by atoms with E-state index >= 15 is 0 Å². The molecule has 66 valence electrons. The second-order valence-corrected chi connectivity index (χ2v) is 2.83. The molecular formula is C10H8ClNO. The Bertz CT molecular complexity index is 376. The van der Waals surface area contributed by atoms with Crippen LogP contribution in [-0.2, 0) is 4.79 Å². The number of primary amides is 1. The minimum Gasteiger partial charge on any atom is -0.369 e. The smallest absolute Gasteiger partial charge is 0.229 e. The molecule has 0 aromatic heterocycles. The largest absolute Gasteiger partial charge is 0.369 e. The summed E-state index contributed by atoms with van der Waals surface area (Å²) < 4.78 is 0. The maximum atomic E-state index is 10.4. The van der Waals surface area contributed by atoms with Crippen molar-refractivity contribution in [3.05, 3.63) is 34.9 Å². The molecule has 3 heteroatoms. The number of halogens is 1. The molecule has 0 spiro atoms. The molecule has 0 radical (unpaired) electrons. The summed E-state index contributed by atoms with van der Waals surface area (Å²) in [6, 6.07) is 7.19. The van der Waals surface area contributed by atoms with Crippen molar-refractivity contribution in [1.29, 1.82) is 0 Å². The van der Waals surface area contributed by atoms with Gasteiger partial charge in [-0.15, -0.1) is 0 Å². The molecule has 0 heterocycles. The van der Waals surface area contributed by atoms with Gasteiger partial charge in [0.25, 0.3) is 0 Å². The number of amides is 1. The molecule has 1 amide bonds. The van der Waals surface area contributed by atoms with Crippen LogP contribution in [0.3, 0.4) is 0 Å². The Kier molecular flexibility index (Phi) is 3.36. The van der Waals surface area contributed by atoms with E-state index in [-0.39, 0.29) is 6.42 Å². The zero-order valence-electron chi connectivity index (χ0n) is 6.88. The lowest BCUT2D eigenvalue weighted by Gasteiger charge is -1.91. The second kappa shape index (κ2) is 4.54. The van der Waals surface area contributed by atoms with Crippen LogP contribution in [0.1, 0.15) is 12.0 Å². The molecule has 1 aromatic carbocycles. The number of carbonyl (C=O) groups is 1. The minimum atomic E-state index is -0.431. The Hall–Kier alpha value is -1.46. The number of benzene rings is 1. The summed E-state index contributed by atoms with van der Waals surface area (Å²) in [4.78, 5) is 10.4. The summed E-state index contributed by atoms with van der Waals surface area (Å²) in [7, 11) is 0. The van der Waals surface area contributed by atoms with E-state index in [9.17, 15) is 4.79 Å². The number of carbonyl (C=O) groups excluding carboxylic acids is 1. The van der Waals surface area contributed by atoms with E-state index in [1.165, 1.54) is 0 Å². The van der Waals surface area contributed by atoms with E-state index in [0.29, 0.717) is 10.6 Å². The molecule has 2 N–H and O–H groups in total. The summed E-state index contributed by atoms with van der Waals surface area (Å²) in [6.07, 6.45) is 0.0607. The quantitative estimate of drug-likeness (QED) is 0.676. The van der Waals surface area contributed by atoms with Crippen molar-refractivity contribution in [3.63, 3.8) is 0 Å². The van der Waals surface area contributed by atoms with Gasteiger partial charge in [0.05, 0.1) is 11.4 Å². The predicted molar refractivity (Wildman–Crippen MR) is 52.1 cm³/mol. The third-order valence-electron chi connectivity index (χ3n) is 1.36. The van der Waals surface area contributed by atoms with Crippen LogP contribution in [0.4, 0.5) is 0 Å². The first-order chi connectivity index (χ1) is 6.20. The highest BCUT2D eigenvalue weighted by atomic mass is 35.5. The zero-order chi connectivity index (χ0) is 9.68. The SMILES string of the molecule is NC(=O)CC#Cc1ccccc1Cl. The minimum absolute atomic E-state index is 0.0607. The molecule has 0 fully saturated rings. The number of nitrogens with two attached hydrogens (primary N) is 1. The standard InChI is InChI=1S/C10H8ClNO/c11-9-6-2-1-4-8(9)5-3-7-10(12)13/h1-2,4,6H,7H2,(H2,12,13). The monoisotopic (exact) mass is 193 g/mol. The van der Waals surface area contributed by atoms with E-state index in [4.69, 9.17) is 17.3 Å². The van der Waals surface area contributed by atoms with Crippen LogP contribution in [0.25, 0.3) is 0 Å². The van der Waals surface area contributed by atoms with Gasteiger partial charge in [0.2, 0.25) is 5.91 Å². The highest BCUT2D eigenvalue weighted by molar-refractivity contribution is 6.31. The molecule has 13 heavy (non-hydrogen) atoms. The van der Waals surface area contributed by atoms with Crippen LogP contribution >= 0.6 is 11.6 Å². The number of rotatable bonds is 1.